The monoisotopic (exact) mass is 313 g/mol. The highest BCUT2D eigenvalue weighted by molar-refractivity contribution is 6.03. The minimum atomic E-state index is -0.459. The number of ether oxygens (including phenoxy) is 1. The van der Waals surface area contributed by atoms with E-state index in [1.807, 2.05) is 31.2 Å². The number of benzene rings is 1. The summed E-state index contributed by atoms with van der Waals surface area (Å²) in [6.07, 6.45) is 3.35. The molecule has 0 radical (unpaired) electrons. The summed E-state index contributed by atoms with van der Waals surface area (Å²) in [6.45, 7) is 4.16. The van der Waals surface area contributed by atoms with E-state index in [0.717, 1.165) is 48.1 Å². The molecule has 0 spiro atoms. The average Bonchev–Trinajstić information content (AvgIpc) is 2.59. The lowest BCUT2D eigenvalue weighted by Crippen LogP contribution is -2.47. The van der Waals surface area contributed by atoms with Gasteiger partial charge in [0.1, 0.15) is 0 Å². The number of carbonyl (C=O) groups excluding carboxylic acids is 1. The molecular formula is C18H23N3O2. The smallest absolute Gasteiger partial charge is 0.233 e. The molecule has 2 aromatic rings. The van der Waals surface area contributed by atoms with Crippen molar-refractivity contribution >= 4 is 22.5 Å². The number of aryl methyl sites for hydroxylation is 1. The van der Waals surface area contributed by atoms with E-state index in [4.69, 9.17) is 4.74 Å². The fourth-order valence-electron chi connectivity index (χ4n) is 3.30. The van der Waals surface area contributed by atoms with E-state index in [9.17, 15) is 4.79 Å². The van der Waals surface area contributed by atoms with Crippen LogP contribution in [0.5, 0.6) is 0 Å². The number of nitrogens with zero attached hydrogens (tertiary/aromatic N) is 1. The third-order valence-corrected chi connectivity index (χ3v) is 4.68. The number of amides is 1. The summed E-state index contributed by atoms with van der Waals surface area (Å²) in [5, 5.41) is 7.40. The molecule has 0 bridgehead atoms. The first-order valence-corrected chi connectivity index (χ1v) is 8.02. The van der Waals surface area contributed by atoms with Gasteiger partial charge in [-0.25, -0.2) is 0 Å². The molecule has 5 heteroatoms. The van der Waals surface area contributed by atoms with Gasteiger partial charge in [-0.2, -0.15) is 0 Å². The molecular weight excluding hydrogens is 290 g/mol. The largest absolute Gasteiger partial charge is 0.384 e. The molecule has 1 fully saturated rings. The lowest BCUT2D eigenvalue weighted by atomic mass is 9.78. The second-order valence-electron chi connectivity index (χ2n) is 6.25. The fourth-order valence-corrected chi connectivity index (χ4v) is 3.30. The Bertz CT molecular complexity index is 703. The number of hydrogen-bond acceptors (Lipinski definition) is 4. The maximum Gasteiger partial charge on any atom is 0.233 e. The first-order chi connectivity index (χ1) is 11.2. The molecule has 23 heavy (non-hydrogen) atoms. The number of aromatic nitrogens is 1. The van der Waals surface area contributed by atoms with Gasteiger partial charge in [0.15, 0.2) is 0 Å². The number of hydrogen-bond donors (Lipinski definition) is 2. The van der Waals surface area contributed by atoms with Gasteiger partial charge < -0.3 is 15.4 Å². The number of fused-ring (bicyclic) bond motifs is 1. The van der Waals surface area contributed by atoms with Gasteiger partial charge in [0.2, 0.25) is 5.91 Å². The van der Waals surface area contributed by atoms with Crippen LogP contribution in [0.1, 0.15) is 18.4 Å². The predicted octanol–water partition coefficient (Wildman–Crippen LogP) is 2.50. The predicted molar refractivity (Wildman–Crippen MR) is 91.5 cm³/mol. The van der Waals surface area contributed by atoms with Crippen molar-refractivity contribution in [2.24, 2.45) is 5.41 Å². The molecule has 5 nitrogen and oxygen atoms in total. The Kier molecular flexibility index (Phi) is 4.59. The molecule has 0 aliphatic carbocycles. The van der Waals surface area contributed by atoms with E-state index < -0.39 is 5.41 Å². The molecule has 3 rings (SSSR count). The van der Waals surface area contributed by atoms with Gasteiger partial charge in [0.25, 0.3) is 0 Å². The Morgan fingerprint density at radius 3 is 2.87 bits per heavy atom. The number of methoxy groups -OCH3 is 1. The molecule has 0 saturated carbocycles. The molecule has 2 heterocycles. The highest BCUT2D eigenvalue weighted by Crippen LogP contribution is 2.32. The van der Waals surface area contributed by atoms with Crippen molar-refractivity contribution in [3.05, 3.63) is 36.0 Å². The Balaban J connectivity index is 1.91. The number of piperidine rings is 1. The van der Waals surface area contributed by atoms with Crippen LogP contribution in [0.25, 0.3) is 10.9 Å². The van der Waals surface area contributed by atoms with Crippen LogP contribution in [0.2, 0.25) is 0 Å². The maximum absolute atomic E-state index is 13.0. The summed E-state index contributed by atoms with van der Waals surface area (Å²) in [6, 6.07) is 7.85. The summed E-state index contributed by atoms with van der Waals surface area (Å²) in [5.41, 5.74) is 2.39. The standard InChI is InChI=1S/C18H23N3O2/c1-13-5-6-15(14-4-3-9-20-16(13)14)21-17(22)18(12-23-2)7-10-19-11-8-18/h3-6,9,19H,7-8,10-12H2,1-2H3,(H,21,22). The molecule has 1 amide bonds. The molecule has 1 saturated heterocycles. The Morgan fingerprint density at radius 1 is 1.35 bits per heavy atom. The minimum absolute atomic E-state index is 0.0369. The van der Waals surface area contributed by atoms with Crippen molar-refractivity contribution in [3.63, 3.8) is 0 Å². The zero-order valence-corrected chi connectivity index (χ0v) is 13.7. The van der Waals surface area contributed by atoms with Crippen LogP contribution >= 0.6 is 0 Å². The van der Waals surface area contributed by atoms with Gasteiger partial charge in [-0.05, 0) is 56.6 Å². The summed E-state index contributed by atoms with van der Waals surface area (Å²) in [4.78, 5) is 17.4. The number of nitrogens with one attached hydrogen (secondary N) is 2. The zero-order chi connectivity index (χ0) is 16.3. The van der Waals surface area contributed by atoms with E-state index in [-0.39, 0.29) is 5.91 Å². The quantitative estimate of drug-likeness (QED) is 0.910. The van der Waals surface area contributed by atoms with Gasteiger partial charge in [-0.1, -0.05) is 6.07 Å². The highest BCUT2D eigenvalue weighted by atomic mass is 16.5. The fraction of sp³-hybridized carbons (Fsp3) is 0.444. The molecule has 0 atom stereocenters. The Labute approximate surface area is 136 Å². The SMILES string of the molecule is COCC1(C(=O)Nc2ccc(C)c3ncccc23)CCNCC1. The number of carbonyl (C=O) groups is 1. The number of rotatable bonds is 4. The Morgan fingerprint density at radius 2 is 2.13 bits per heavy atom. The third kappa shape index (κ3) is 3.07. The van der Waals surface area contributed by atoms with Crippen LogP contribution < -0.4 is 10.6 Å². The van der Waals surface area contributed by atoms with E-state index in [0.29, 0.717) is 6.61 Å². The lowest BCUT2D eigenvalue weighted by molar-refractivity contribution is -0.130. The van der Waals surface area contributed by atoms with Crippen molar-refractivity contribution < 1.29 is 9.53 Å². The molecule has 0 unspecified atom stereocenters. The van der Waals surface area contributed by atoms with E-state index in [1.54, 1.807) is 13.3 Å². The molecule has 1 aliphatic rings. The zero-order valence-electron chi connectivity index (χ0n) is 13.7. The van der Waals surface area contributed by atoms with Crippen LogP contribution in [-0.4, -0.2) is 37.7 Å². The van der Waals surface area contributed by atoms with Gasteiger partial charge in [-0.15, -0.1) is 0 Å². The van der Waals surface area contributed by atoms with Gasteiger partial charge in [-0.3, -0.25) is 9.78 Å². The summed E-state index contributed by atoms with van der Waals surface area (Å²) in [7, 11) is 1.66. The van der Waals surface area contributed by atoms with Crippen LogP contribution in [0.3, 0.4) is 0 Å². The van der Waals surface area contributed by atoms with Crippen molar-refractivity contribution in [2.75, 3.05) is 32.1 Å². The molecule has 1 aromatic heterocycles. The molecule has 122 valence electrons. The minimum Gasteiger partial charge on any atom is -0.384 e. The van der Waals surface area contributed by atoms with Crippen molar-refractivity contribution in [1.82, 2.24) is 10.3 Å². The molecule has 1 aliphatic heterocycles. The summed E-state index contributed by atoms with van der Waals surface area (Å²) >= 11 is 0. The number of pyridine rings is 1. The Hall–Kier alpha value is -1.98. The lowest BCUT2D eigenvalue weighted by Gasteiger charge is -2.35. The average molecular weight is 313 g/mol. The molecule has 1 aromatic carbocycles. The summed E-state index contributed by atoms with van der Waals surface area (Å²) < 4.78 is 5.35. The van der Waals surface area contributed by atoms with Crippen LogP contribution in [0, 0.1) is 12.3 Å². The maximum atomic E-state index is 13.0. The first kappa shape index (κ1) is 15.9. The van der Waals surface area contributed by atoms with Crippen molar-refractivity contribution in [2.45, 2.75) is 19.8 Å². The van der Waals surface area contributed by atoms with Crippen LogP contribution in [-0.2, 0) is 9.53 Å². The third-order valence-electron chi connectivity index (χ3n) is 4.68. The second kappa shape index (κ2) is 6.64. The van der Waals surface area contributed by atoms with Crippen molar-refractivity contribution in [3.8, 4) is 0 Å². The summed E-state index contributed by atoms with van der Waals surface area (Å²) in [5.74, 6) is 0.0369. The molecule has 2 N–H and O–H groups in total. The second-order valence-corrected chi connectivity index (χ2v) is 6.25. The van der Waals surface area contributed by atoms with Gasteiger partial charge >= 0.3 is 0 Å². The van der Waals surface area contributed by atoms with E-state index >= 15 is 0 Å². The van der Waals surface area contributed by atoms with E-state index in [2.05, 4.69) is 15.6 Å². The van der Waals surface area contributed by atoms with Gasteiger partial charge in [0.05, 0.1) is 23.2 Å². The number of anilines is 1. The first-order valence-electron chi connectivity index (χ1n) is 8.02. The van der Waals surface area contributed by atoms with Crippen LogP contribution in [0.15, 0.2) is 30.5 Å². The normalized spacial score (nSPS) is 17.1. The van der Waals surface area contributed by atoms with Crippen molar-refractivity contribution in [1.29, 1.82) is 0 Å². The van der Waals surface area contributed by atoms with E-state index in [1.165, 1.54) is 0 Å². The van der Waals surface area contributed by atoms with Gasteiger partial charge in [0, 0.05) is 18.7 Å². The topological polar surface area (TPSA) is 63.2 Å². The van der Waals surface area contributed by atoms with Crippen LogP contribution in [0.4, 0.5) is 5.69 Å². The highest BCUT2D eigenvalue weighted by Gasteiger charge is 2.39.